The Hall–Kier alpha value is -1.73. The second-order valence-electron chi connectivity index (χ2n) is 6.86. The maximum Gasteiger partial charge on any atom is 0.168 e. The van der Waals surface area contributed by atoms with E-state index in [9.17, 15) is 4.79 Å². The largest absolute Gasteiger partial charge is 0.385 e. The molecule has 1 N–H and O–H groups in total. The average molecular weight is 348 g/mol. The van der Waals surface area contributed by atoms with E-state index in [1.54, 1.807) is 24.6 Å². The summed E-state index contributed by atoms with van der Waals surface area (Å²) in [5.41, 5.74) is 0.493. The van der Waals surface area contributed by atoms with Gasteiger partial charge in [0.2, 0.25) is 0 Å². The zero-order chi connectivity index (χ0) is 17.3. The fourth-order valence-electron chi connectivity index (χ4n) is 3.15. The minimum Gasteiger partial charge on any atom is -0.385 e. The van der Waals surface area contributed by atoms with E-state index >= 15 is 0 Å². The molecule has 0 radical (unpaired) electrons. The first-order chi connectivity index (χ1) is 11.4. The molecule has 0 fully saturated rings. The Balaban J connectivity index is 1.88. The third-order valence-electron chi connectivity index (χ3n) is 4.35. The van der Waals surface area contributed by atoms with Crippen LogP contribution in [0.4, 0.5) is 5.82 Å². The first-order valence-corrected chi connectivity index (χ1v) is 9.03. The third-order valence-corrected chi connectivity index (χ3v) is 5.37. The number of hydrogen-bond acceptors (Lipinski definition) is 6. The zero-order valence-corrected chi connectivity index (χ0v) is 15.4. The maximum absolute atomic E-state index is 12.5. The number of carbonyl (C=O) groups excluding carboxylic acids is 1. The molecule has 24 heavy (non-hydrogen) atoms. The molecule has 2 aromatic rings. The van der Waals surface area contributed by atoms with Gasteiger partial charge in [0.05, 0.1) is 23.3 Å². The van der Waals surface area contributed by atoms with E-state index in [1.807, 2.05) is 10.9 Å². The predicted octanol–water partition coefficient (Wildman–Crippen LogP) is 3.55. The number of thiazole rings is 1. The highest BCUT2D eigenvalue weighted by atomic mass is 32.1. The summed E-state index contributed by atoms with van der Waals surface area (Å²) in [4.78, 5) is 18.3. The lowest BCUT2D eigenvalue weighted by Crippen LogP contribution is -2.38. The fraction of sp³-hybridized carbons (Fsp3) is 0.588. The molecular weight excluding hydrogens is 324 g/mol. The first kappa shape index (κ1) is 17.1. The van der Waals surface area contributed by atoms with Crippen LogP contribution in [0, 0.1) is 6.92 Å². The van der Waals surface area contributed by atoms with Gasteiger partial charge >= 0.3 is 0 Å². The van der Waals surface area contributed by atoms with Gasteiger partial charge in [-0.25, -0.2) is 9.67 Å². The topological polar surface area (TPSA) is 69.0 Å². The number of aryl methyl sites for hydroxylation is 1. The van der Waals surface area contributed by atoms with Crippen molar-refractivity contribution in [3.05, 3.63) is 27.8 Å². The number of carbonyl (C=O) groups is 1. The van der Waals surface area contributed by atoms with Gasteiger partial charge in [-0.2, -0.15) is 5.10 Å². The molecule has 1 aliphatic heterocycles. The van der Waals surface area contributed by atoms with Gasteiger partial charge in [-0.05, 0) is 33.6 Å². The summed E-state index contributed by atoms with van der Waals surface area (Å²) in [5.74, 6) is 0.916. The number of nitrogens with one attached hydrogen (secondary N) is 1. The molecule has 1 atom stereocenters. The molecule has 3 rings (SSSR count). The van der Waals surface area contributed by atoms with Crippen LogP contribution < -0.4 is 5.32 Å². The average Bonchev–Trinajstić information content (AvgIpc) is 3.13. The van der Waals surface area contributed by atoms with Crippen LogP contribution in [0.1, 0.15) is 59.4 Å². The number of aromatic nitrogens is 3. The van der Waals surface area contributed by atoms with Crippen molar-refractivity contribution >= 4 is 22.9 Å². The highest BCUT2D eigenvalue weighted by molar-refractivity contribution is 7.11. The van der Waals surface area contributed by atoms with Crippen LogP contribution in [0.2, 0.25) is 0 Å². The van der Waals surface area contributed by atoms with Gasteiger partial charge in [0, 0.05) is 31.2 Å². The van der Waals surface area contributed by atoms with E-state index in [-0.39, 0.29) is 17.4 Å². The van der Waals surface area contributed by atoms with Crippen molar-refractivity contribution in [3.63, 3.8) is 0 Å². The van der Waals surface area contributed by atoms with Crippen LogP contribution in [-0.2, 0) is 10.3 Å². The molecule has 0 aromatic carbocycles. The quantitative estimate of drug-likeness (QED) is 0.639. The summed E-state index contributed by atoms with van der Waals surface area (Å²) in [5, 5.41) is 9.04. The number of nitrogens with zero attached hydrogens (tertiary/aromatic N) is 3. The predicted molar refractivity (Wildman–Crippen MR) is 94.8 cm³/mol. The van der Waals surface area contributed by atoms with Crippen molar-refractivity contribution in [2.45, 2.75) is 51.6 Å². The lowest BCUT2D eigenvalue weighted by atomic mass is 9.92. The number of ether oxygens (including phenoxy) is 1. The van der Waals surface area contributed by atoms with Gasteiger partial charge < -0.3 is 10.1 Å². The van der Waals surface area contributed by atoms with Crippen LogP contribution in [0.25, 0.3) is 0 Å². The highest BCUT2D eigenvalue weighted by Crippen LogP contribution is 2.41. The Labute approximate surface area is 146 Å². The normalized spacial score (nSPS) is 18.9. The van der Waals surface area contributed by atoms with Crippen molar-refractivity contribution < 1.29 is 9.53 Å². The summed E-state index contributed by atoms with van der Waals surface area (Å²) in [6.07, 6.45) is 5.66. The van der Waals surface area contributed by atoms with Crippen molar-refractivity contribution in [1.29, 1.82) is 0 Å². The van der Waals surface area contributed by atoms with E-state index in [2.05, 4.69) is 36.2 Å². The molecule has 0 bridgehead atoms. The van der Waals surface area contributed by atoms with Crippen molar-refractivity contribution in [3.8, 4) is 0 Å². The summed E-state index contributed by atoms with van der Waals surface area (Å²) >= 11 is 1.70. The summed E-state index contributed by atoms with van der Waals surface area (Å²) < 4.78 is 6.97. The molecule has 6 nitrogen and oxygen atoms in total. The number of methoxy groups -OCH3 is 1. The SMILES string of the molecule is COCCCC(=O)c1cnn2c1NC(c1ncc(C)s1)CC2(C)C. The van der Waals surface area contributed by atoms with E-state index in [0.717, 1.165) is 23.7 Å². The summed E-state index contributed by atoms with van der Waals surface area (Å²) in [6.45, 7) is 6.95. The monoisotopic (exact) mass is 348 g/mol. The minimum absolute atomic E-state index is 0.104. The molecule has 0 amide bonds. The molecule has 0 aliphatic carbocycles. The zero-order valence-electron chi connectivity index (χ0n) is 14.6. The number of rotatable bonds is 6. The minimum atomic E-state index is -0.171. The fourth-order valence-corrected chi connectivity index (χ4v) is 3.97. The van der Waals surface area contributed by atoms with E-state index in [1.165, 1.54) is 4.88 Å². The molecule has 1 aliphatic rings. The highest BCUT2D eigenvalue weighted by Gasteiger charge is 2.37. The Kier molecular flexibility index (Phi) is 4.73. The van der Waals surface area contributed by atoms with Gasteiger partial charge in [-0.1, -0.05) is 0 Å². The van der Waals surface area contributed by atoms with Gasteiger partial charge in [0.15, 0.2) is 5.78 Å². The molecule has 130 valence electrons. The van der Waals surface area contributed by atoms with Crippen molar-refractivity contribution in [2.75, 3.05) is 19.0 Å². The molecule has 3 heterocycles. The first-order valence-electron chi connectivity index (χ1n) is 8.22. The second kappa shape index (κ2) is 6.64. The third kappa shape index (κ3) is 3.23. The standard InChI is InChI=1S/C17H24N4O2S/c1-11-9-18-16(24-11)13-8-17(2,3)21-15(20-13)12(10-19-21)14(22)6-5-7-23-4/h9-10,13,20H,5-8H2,1-4H3. The van der Waals surface area contributed by atoms with Gasteiger partial charge in [0.25, 0.3) is 0 Å². The van der Waals surface area contributed by atoms with Gasteiger partial charge in [0.1, 0.15) is 10.8 Å². The summed E-state index contributed by atoms with van der Waals surface area (Å²) in [7, 11) is 1.65. The van der Waals surface area contributed by atoms with Crippen LogP contribution >= 0.6 is 11.3 Å². The Morgan fingerprint density at radius 1 is 1.50 bits per heavy atom. The van der Waals surface area contributed by atoms with Crippen molar-refractivity contribution in [1.82, 2.24) is 14.8 Å². The summed E-state index contributed by atoms with van der Waals surface area (Å²) in [6, 6.07) is 0.105. The van der Waals surface area contributed by atoms with Crippen molar-refractivity contribution in [2.24, 2.45) is 0 Å². The smallest absolute Gasteiger partial charge is 0.168 e. The number of fused-ring (bicyclic) bond motifs is 1. The number of anilines is 1. The molecule has 0 saturated heterocycles. The number of ketones is 1. The van der Waals surface area contributed by atoms with E-state index in [4.69, 9.17) is 4.74 Å². The molecule has 0 saturated carbocycles. The Morgan fingerprint density at radius 3 is 2.96 bits per heavy atom. The molecule has 1 unspecified atom stereocenters. The van der Waals surface area contributed by atoms with Gasteiger partial charge in [-0.3, -0.25) is 4.79 Å². The maximum atomic E-state index is 12.5. The molecule has 2 aromatic heterocycles. The van der Waals surface area contributed by atoms with E-state index in [0.29, 0.717) is 18.6 Å². The number of Topliss-reactive ketones (excluding diaryl/α,β-unsaturated/α-hetero) is 1. The molecule has 0 spiro atoms. The second-order valence-corrected chi connectivity index (χ2v) is 8.13. The number of hydrogen-bond donors (Lipinski definition) is 1. The van der Waals surface area contributed by atoms with E-state index < -0.39 is 0 Å². The van der Waals surface area contributed by atoms with Crippen LogP contribution in [-0.4, -0.2) is 34.3 Å². The molecule has 7 heteroatoms. The lowest BCUT2D eigenvalue weighted by Gasteiger charge is -2.37. The van der Waals surface area contributed by atoms with Gasteiger partial charge in [-0.15, -0.1) is 11.3 Å². The molecular formula is C17H24N4O2S. The van der Waals surface area contributed by atoms with Crippen LogP contribution in [0.15, 0.2) is 12.4 Å². The lowest BCUT2D eigenvalue weighted by molar-refractivity contribution is 0.0963. The Morgan fingerprint density at radius 2 is 2.29 bits per heavy atom. The Bertz CT molecular complexity index is 735. The van der Waals surface area contributed by atoms with Crippen LogP contribution in [0.3, 0.4) is 0 Å². The van der Waals surface area contributed by atoms with Crippen LogP contribution in [0.5, 0.6) is 0 Å².